The highest BCUT2D eigenvalue weighted by molar-refractivity contribution is 5.87. The van der Waals surface area contributed by atoms with E-state index in [0.717, 1.165) is 11.8 Å². The van der Waals surface area contributed by atoms with E-state index in [1.807, 2.05) is 30.3 Å². The molecule has 5 unspecified atom stereocenters. The van der Waals surface area contributed by atoms with Gasteiger partial charge < -0.3 is 24.8 Å². The van der Waals surface area contributed by atoms with Crippen LogP contribution in [-0.2, 0) is 14.3 Å². The zero-order valence-corrected chi connectivity index (χ0v) is 13.2. The minimum Gasteiger partial charge on any atom is -0.472 e. The van der Waals surface area contributed by atoms with Gasteiger partial charge in [-0.25, -0.2) is 4.79 Å². The highest BCUT2D eigenvalue weighted by atomic mass is 16.6. The van der Waals surface area contributed by atoms with Crippen molar-refractivity contribution in [3.05, 3.63) is 54.3 Å². The van der Waals surface area contributed by atoms with Gasteiger partial charge in [-0.15, -0.1) is 0 Å². The SMILES string of the molecule is CC1(OC(=O)C=Cc2ccccc2)CC(O)C2(O)C=COC(O)C12. The Morgan fingerprint density at radius 2 is 2.04 bits per heavy atom. The number of carbonyl (C=O) groups is 1. The second-order valence-electron chi connectivity index (χ2n) is 6.39. The maximum absolute atomic E-state index is 12.2. The zero-order valence-electron chi connectivity index (χ0n) is 13.2. The highest BCUT2D eigenvalue weighted by Gasteiger charge is 2.65. The van der Waals surface area contributed by atoms with Crippen LogP contribution in [-0.4, -0.2) is 44.9 Å². The van der Waals surface area contributed by atoms with Crippen LogP contribution >= 0.6 is 0 Å². The number of esters is 1. The third-order valence-corrected chi connectivity index (χ3v) is 4.67. The molecular weight excluding hydrogens is 312 g/mol. The number of hydrogen-bond donors (Lipinski definition) is 3. The Morgan fingerprint density at radius 3 is 2.75 bits per heavy atom. The van der Waals surface area contributed by atoms with Gasteiger partial charge in [-0.05, 0) is 24.6 Å². The first kappa shape index (κ1) is 16.7. The number of aliphatic hydroxyl groups is 3. The van der Waals surface area contributed by atoms with Gasteiger partial charge in [0.15, 0.2) is 0 Å². The van der Waals surface area contributed by atoms with Crippen LogP contribution < -0.4 is 0 Å². The maximum atomic E-state index is 12.2. The molecular formula is C18H20O6. The zero-order chi connectivity index (χ0) is 17.4. The van der Waals surface area contributed by atoms with Crippen molar-refractivity contribution in [1.82, 2.24) is 0 Å². The van der Waals surface area contributed by atoms with Crippen molar-refractivity contribution in [3.8, 4) is 0 Å². The fraction of sp³-hybridized carbons (Fsp3) is 0.389. The van der Waals surface area contributed by atoms with E-state index in [4.69, 9.17) is 9.47 Å². The molecule has 0 aromatic heterocycles. The lowest BCUT2D eigenvalue weighted by Gasteiger charge is -2.40. The average molecular weight is 332 g/mol. The van der Waals surface area contributed by atoms with E-state index in [9.17, 15) is 20.1 Å². The molecule has 128 valence electrons. The topological polar surface area (TPSA) is 96.2 Å². The number of fused-ring (bicyclic) bond motifs is 1. The Bertz CT molecular complexity index is 669. The normalized spacial score (nSPS) is 37.9. The summed E-state index contributed by atoms with van der Waals surface area (Å²) >= 11 is 0. The molecule has 6 nitrogen and oxygen atoms in total. The maximum Gasteiger partial charge on any atom is 0.331 e. The van der Waals surface area contributed by atoms with Gasteiger partial charge >= 0.3 is 5.97 Å². The summed E-state index contributed by atoms with van der Waals surface area (Å²) in [6.07, 6.45) is 2.75. The van der Waals surface area contributed by atoms with Crippen LogP contribution in [0, 0.1) is 5.92 Å². The first-order valence-corrected chi connectivity index (χ1v) is 7.73. The van der Waals surface area contributed by atoms with Crippen LogP contribution in [0.5, 0.6) is 0 Å². The summed E-state index contributed by atoms with van der Waals surface area (Å²) in [4.78, 5) is 12.2. The van der Waals surface area contributed by atoms with Gasteiger partial charge in [-0.2, -0.15) is 0 Å². The number of rotatable bonds is 3. The summed E-state index contributed by atoms with van der Waals surface area (Å²) in [6.45, 7) is 1.57. The van der Waals surface area contributed by atoms with Crippen LogP contribution in [0.2, 0.25) is 0 Å². The summed E-state index contributed by atoms with van der Waals surface area (Å²) in [5.74, 6) is -1.61. The average Bonchev–Trinajstić information content (AvgIpc) is 2.73. The molecule has 0 spiro atoms. The first-order chi connectivity index (χ1) is 11.3. The minimum absolute atomic E-state index is 0.0101. The van der Waals surface area contributed by atoms with Crippen molar-refractivity contribution in [3.63, 3.8) is 0 Å². The Balaban J connectivity index is 1.77. The molecule has 1 aliphatic carbocycles. The van der Waals surface area contributed by atoms with Gasteiger partial charge in [0.05, 0.1) is 18.3 Å². The van der Waals surface area contributed by atoms with Gasteiger partial charge in [-0.3, -0.25) is 0 Å². The van der Waals surface area contributed by atoms with Crippen LogP contribution in [0.15, 0.2) is 48.7 Å². The molecule has 5 atom stereocenters. The highest BCUT2D eigenvalue weighted by Crippen LogP contribution is 2.50. The molecule has 3 rings (SSSR count). The molecule has 0 bridgehead atoms. The third kappa shape index (κ3) is 2.84. The Kier molecular flexibility index (Phi) is 4.21. The monoisotopic (exact) mass is 332 g/mol. The molecule has 24 heavy (non-hydrogen) atoms. The summed E-state index contributed by atoms with van der Waals surface area (Å²) in [5.41, 5.74) is -2.13. The van der Waals surface area contributed by atoms with Crippen molar-refractivity contribution in [2.45, 2.75) is 36.9 Å². The lowest BCUT2D eigenvalue weighted by atomic mass is 9.81. The van der Waals surface area contributed by atoms with Crippen LogP contribution in [0.3, 0.4) is 0 Å². The second-order valence-corrected chi connectivity index (χ2v) is 6.39. The third-order valence-electron chi connectivity index (χ3n) is 4.67. The van der Waals surface area contributed by atoms with Crippen molar-refractivity contribution < 1.29 is 29.6 Å². The molecule has 0 amide bonds. The summed E-state index contributed by atoms with van der Waals surface area (Å²) in [5, 5.41) is 30.9. The molecule has 0 radical (unpaired) electrons. The minimum atomic E-state index is -1.70. The molecule has 1 aromatic rings. The van der Waals surface area contributed by atoms with Crippen molar-refractivity contribution >= 4 is 12.0 Å². The van der Waals surface area contributed by atoms with Crippen LogP contribution in [0.1, 0.15) is 18.9 Å². The molecule has 1 saturated carbocycles. The fourth-order valence-electron chi connectivity index (χ4n) is 3.52. The summed E-state index contributed by atoms with van der Waals surface area (Å²) in [7, 11) is 0. The molecule has 1 fully saturated rings. The fourth-order valence-corrected chi connectivity index (χ4v) is 3.52. The molecule has 3 N–H and O–H groups in total. The van der Waals surface area contributed by atoms with E-state index in [1.54, 1.807) is 13.0 Å². The number of aliphatic hydroxyl groups excluding tert-OH is 2. The first-order valence-electron chi connectivity index (χ1n) is 7.73. The number of hydrogen-bond acceptors (Lipinski definition) is 6. The predicted octanol–water partition coefficient (Wildman–Crippen LogP) is 0.976. The van der Waals surface area contributed by atoms with E-state index in [2.05, 4.69) is 0 Å². The Hall–Kier alpha value is -2.15. The summed E-state index contributed by atoms with van der Waals surface area (Å²) < 4.78 is 10.5. The van der Waals surface area contributed by atoms with E-state index in [0.29, 0.717) is 0 Å². The lowest BCUT2D eigenvalue weighted by molar-refractivity contribution is -0.211. The van der Waals surface area contributed by atoms with Crippen molar-refractivity contribution in [1.29, 1.82) is 0 Å². The van der Waals surface area contributed by atoms with E-state index in [1.165, 1.54) is 12.2 Å². The number of benzene rings is 1. The molecule has 1 aromatic carbocycles. The van der Waals surface area contributed by atoms with Gasteiger partial charge in [0.1, 0.15) is 11.2 Å². The van der Waals surface area contributed by atoms with Crippen molar-refractivity contribution in [2.24, 2.45) is 5.92 Å². The second kappa shape index (κ2) is 6.05. The Labute approximate surface area is 139 Å². The van der Waals surface area contributed by atoms with Crippen molar-refractivity contribution in [2.75, 3.05) is 0 Å². The van der Waals surface area contributed by atoms with Crippen LogP contribution in [0.4, 0.5) is 0 Å². The number of carbonyl (C=O) groups excluding carboxylic acids is 1. The van der Waals surface area contributed by atoms with E-state index in [-0.39, 0.29) is 6.42 Å². The predicted molar refractivity (Wildman–Crippen MR) is 85.3 cm³/mol. The molecule has 2 aliphatic rings. The quantitative estimate of drug-likeness (QED) is 0.564. The Morgan fingerprint density at radius 1 is 1.33 bits per heavy atom. The molecule has 1 heterocycles. The summed E-state index contributed by atoms with van der Waals surface area (Å²) in [6, 6.07) is 9.25. The largest absolute Gasteiger partial charge is 0.472 e. The standard InChI is InChI=1S/C18H20O6/c1-17(24-14(20)8-7-12-5-3-2-4-6-12)11-13(19)18(22)9-10-23-16(21)15(17)18/h2-10,13,15-16,19,21-22H,11H2,1H3. The lowest BCUT2D eigenvalue weighted by Crippen LogP contribution is -2.54. The van der Waals surface area contributed by atoms with Crippen LogP contribution in [0.25, 0.3) is 6.08 Å². The van der Waals surface area contributed by atoms with Gasteiger partial charge in [-0.1, -0.05) is 30.3 Å². The molecule has 1 aliphatic heterocycles. The van der Waals surface area contributed by atoms with E-state index < -0.39 is 35.5 Å². The van der Waals surface area contributed by atoms with Gasteiger partial charge in [0.2, 0.25) is 6.29 Å². The number of ether oxygens (including phenoxy) is 2. The van der Waals surface area contributed by atoms with E-state index >= 15 is 0 Å². The van der Waals surface area contributed by atoms with Gasteiger partial charge in [0, 0.05) is 12.5 Å². The van der Waals surface area contributed by atoms with Gasteiger partial charge in [0.25, 0.3) is 0 Å². The molecule has 6 heteroatoms. The molecule has 0 saturated heterocycles. The smallest absolute Gasteiger partial charge is 0.331 e.